The molecule has 1 unspecified atom stereocenters. The van der Waals surface area contributed by atoms with Crippen molar-refractivity contribution in [2.75, 3.05) is 7.11 Å². The lowest BCUT2D eigenvalue weighted by Crippen LogP contribution is -2.76. The lowest BCUT2D eigenvalue weighted by Gasteiger charge is -2.68. The lowest BCUT2D eigenvalue weighted by molar-refractivity contribution is -0.645. The molecule has 1 atom stereocenters. The molecule has 170 valence electrons. The van der Waals surface area contributed by atoms with E-state index in [0.717, 1.165) is 34.1 Å². The highest BCUT2D eigenvalue weighted by Gasteiger charge is 2.76. The first kappa shape index (κ1) is 20.0. The van der Waals surface area contributed by atoms with Crippen LogP contribution in [0.5, 0.6) is 5.75 Å². The maximum absolute atomic E-state index is 11.1. The molecule has 5 aliphatic rings. The van der Waals surface area contributed by atoms with Crippen molar-refractivity contribution < 1.29 is 19.6 Å². The third-order valence-corrected chi connectivity index (χ3v) is 9.29. The van der Waals surface area contributed by atoms with Gasteiger partial charge in [-0.05, 0) is 102 Å². The largest absolute Gasteiger partial charge is 0.508 e. The Morgan fingerprint density at radius 1 is 0.848 bits per heavy atom. The van der Waals surface area contributed by atoms with E-state index in [1.807, 2.05) is 13.0 Å². The van der Waals surface area contributed by atoms with Gasteiger partial charge in [-0.25, -0.2) is 4.89 Å². The summed E-state index contributed by atoms with van der Waals surface area (Å²) >= 11 is 0. The minimum atomic E-state index is -0.986. The standard InChI is InChI=1S/C29H30O4/c1-17-26(25-9-5-7-20-6-3-4-8-24(20)25)15-23(16-27(17)30)29(31-2)28(32-33-29)21-11-18-10-19(13-21)14-22(28)12-18/h3-9,15-16,18-19,21-22,30H,10-14H2,1-2H3. The van der Waals surface area contributed by atoms with Gasteiger partial charge in [0, 0.05) is 12.7 Å². The molecule has 4 aliphatic carbocycles. The molecule has 4 saturated carbocycles. The molecule has 0 radical (unpaired) electrons. The van der Waals surface area contributed by atoms with Gasteiger partial charge in [-0.3, -0.25) is 0 Å². The molecule has 33 heavy (non-hydrogen) atoms. The fraction of sp³-hybridized carbons (Fsp3) is 0.448. The molecule has 3 aromatic rings. The summed E-state index contributed by atoms with van der Waals surface area (Å²) in [6.45, 7) is 1.98. The van der Waals surface area contributed by atoms with Crippen LogP contribution in [0.25, 0.3) is 21.9 Å². The second-order valence-electron chi connectivity index (χ2n) is 10.8. The van der Waals surface area contributed by atoms with Crippen molar-refractivity contribution in [1.29, 1.82) is 0 Å². The summed E-state index contributed by atoms with van der Waals surface area (Å²) in [6, 6.07) is 18.7. The van der Waals surface area contributed by atoms with E-state index >= 15 is 0 Å². The normalized spacial score (nSPS) is 36.4. The minimum Gasteiger partial charge on any atom is -0.508 e. The van der Waals surface area contributed by atoms with Crippen LogP contribution in [0, 0.1) is 30.6 Å². The van der Waals surface area contributed by atoms with Gasteiger partial charge in [-0.1, -0.05) is 42.5 Å². The molecule has 3 aromatic carbocycles. The number of fused-ring (bicyclic) bond motifs is 1. The maximum atomic E-state index is 11.1. The fourth-order valence-electron chi connectivity index (χ4n) is 7.99. The number of benzene rings is 3. The molecular weight excluding hydrogens is 412 g/mol. The number of hydrogen-bond acceptors (Lipinski definition) is 4. The monoisotopic (exact) mass is 442 g/mol. The minimum absolute atomic E-state index is 0.265. The summed E-state index contributed by atoms with van der Waals surface area (Å²) in [7, 11) is 1.73. The van der Waals surface area contributed by atoms with Crippen molar-refractivity contribution in [1.82, 2.24) is 0 Å². The summed E-state index contributed by atoms with van der Waals surface area (Å²) in [4.78, 5) is 12.1. The van der Waals surface area contributed by atoms with E-state index in [1.54, 1.807) is 7.11 Å². The summed E-state index contributed by atoms with van der Waals surface area (Å²) in [5, 5.41) is 13.4. The van der Waals surface area contributed by atoms with Gasteiger partial charge in [0.1, 0.15) is 5.75 Å². The molecule has 1 spiro atoms. The van der Waals surface area contributed by atoms with Crippen LogP contribution in [-0.4, -0.2) is 17.8 Å². The van der Waals surface area contributed by atoms with Gasteiger partial charge in [0.05, 0.1) is 0 Å². The van der Waals surface area contributed by atoms with Crippen LogP contribution in [0.15, 0.2) is 54.6 Å². The van der Waals surface area contributed by atoms with Crippen molar-refractivity contribution in [3.8, 4) is 16.9 Å². The van der Waals surface area contributed by atoms with Gasteiger partial charge >= 0.3 is 0 Å². The number of phenols is 1. The van der Waals surface area contributed by atoms with Crippen LogP contribution in [0.4, 0.5) is 0 Å². The lowest BCUT2D eigenvalue weighted by atomic mass is 9.47. The van der Waals surface area contributed by atoms with Gasteiger partial charge in [-0.2, -0.15) is 4.89 Å². The molecule has 1 aliphatic heterocycles. The third kappa shape index (κ3) is 2.47. The molecule has 4 nitrogen and oxygen atoms in total. The molecule has 1 N–H and O–H groups in total. The van der Waals surface area contributed by atoms with Crippen molar-refractivity contribution in [2.45, 2.75) is 50.4 Å². The average Bonchev–Trinajstić information content (AvgIpc) is 2.80. The highest BCUT2D eigenvalue weighted by Crippen LogP contribution is 2.69. The molecule has 4 heteroatoms. The first-order chi connectivity index (χ1) is 16.1. The van der Waals surface area contributed by atoms with Crippen molar-refractivity contribution in [3.05, 3.63) is 65.7 Å². The van der Waals surface area contributed by atoms with Gasteiger partial charge in [0.15, 0.2) is 5.60 Å². The first-order valence-electron chi connectivity index (χ1n) is 12.3. The molecule has 1 heterocycles. The van der Waals surface area contributed by atoms with Crippen LogP contribution in [0.2, 0.25) is 0 Å². The topological polar surface area (TPSA) is 47.9 Å². The van der Waals surface area contributed by atoms with E-state index in [2.05, 4.69) is 48.5 Å². The zero-order valence-electron chi connectivity index (χ0n) is 19.2. The fourth-order valence-corrected chi connectivity index (χ4v) is 7.99. The number of aromatic hydroxyl groups is 1. The van der Waals surface area contributed by atoms with Crippen molar-refractivity contribution in [3.63, 3.8) is 0 Å². The summed E-state index contributed by atoms with van der Waals surface area (Å²) < 4.78 is 6.25. The Balaban J connectivity index is 1.41. The Morgan fingerprint density at radius 3 is 2.21 bits per heavy atom. The van der Waals surface area contributed by atoms with Gasteiger partial charge in [-0.15, -0.1) is 0 Å². The van der Waals surface area contributed by atoms with Gasteiger partial charge in [0.2, 0.25) is 0 Å². The average molecular weight is 443 g/mol. The Kier molecular flexibility index (Phi) is 4.13. The molecule has 4 bridgehead atoms. The van der Waals surface area contributed by atoms with E-state index in [4.69, 9.17) is 14.5 Å². The zero-order valence-corrected chi connectivity index (χ0v) is 19.2. The Bertz CT molecular complexity index is 1230. The number of methoxy groups -OCH3 is 1. The van der Waals surface area contributed by atoms with Crippen LogP contribution in [-0.2, 0) is 20.3 Å². The van der Waals surface area contributed by atoms with E-state index in [9.17, 15) is 5.11 Å². The first-order valence-corrected chi connectivity index (χ1v) is 12.3. The second kappa shape index (κ2) is 6.82. The van der Waals surface area contributed by atoms with Gasteiger partial charge < -0.3 is 9.84 Å². The molecular formula is C29H30O4. The van der Waals surface area contributed by atoms with Crippen LogP contribution < -0.4 is 0 Å². The Morgan fingerprint density at radius 2 is 1.55 bits per heavy atom. The Hall–Kier alpha value is -2.40. The van der Waals surface area contributed by atoms with Crippen molar-refractivity contribution >= 4 is 10.8 Å². The van der Waals surface area contributed by atoms with Crippen LogP contribution >= 0.6 is 0 Å². The third-order valence-electron chi connectivity index (χ3n) is 9.29. The highest BCUT2D eigenvalue weighted by atomic mass is 17.3. The SMILES string of the molecule is COC1(c2cc(O)c(C)c(-c3cccc4ccccc34)c2)OOC12C1CC3CC(C1)CC2C3. The van der Waals surface area contributed by atoms with Crippen LogP contribution in [0.3, 0.4) is 0 Å². The molecule has 1 saturated heterocycles. The number of ether oxygens (including phenoxy) is 1. The van der Waals surface area contributed by atoms with E-state index < -0.39 is 11.4 Å². The number of hydrogen-bond donors (Lipinski definition) is 1. The smallest absolute Gasteiger partial charge is 0.260 e. The number of rotatable bonds is 3. The predicted molar refractivity (Wildman–Crippen MR) is 126 cm³/mol. The highest BCUT2D eigenvalue weighted by molar-refractivity contribution is 5.97. The van der Waals surface area contributed by atoms with E-state index in [-0.39, 0.29) is 5.75 Å². The number of phenolic OH excluding ortho intramolecular Hbond substituents is 1. The summed E-state index contributed by atoms with van der Waals surface area (Å²) in [5.41, 5.74) is 3.36. The van der Waals surface area contributed by atoms with E-state index in [0.29, 0.717) is 11.8 Å². The van der Waals surface area contributed by atoms with Crippen molar-refractivity contribution in [2.24, 2.45) is 23.7 Å². The molecule has 8 rings (SSSR count). The quantitative estimate of drug-likeness (QED) is 0.472. The summed E-state index contributed by atoms with van der Waals surface area (Å²) in [6.07, 6.45) is 6.14. The van der Waals surface area contributed by atoms with Crippen LogP contribution in [0.1, 0.15) is 43.2 Å². The molecule has 0 aromatic heterocycles. The predicted octanol–water partition coefficient (Wildman–Crippen LogP) is 6.48. The van der Waals surface area contributed by atoms with Gasteiger partial charge in [0.25, 0.3) is 5.79 Å². The molecule has 0 amide bonds. The molecule has 5 fully saturated rings. The Labute approximate surface area is 194 Å². The summed E-state index contributed by atoms with van der Waals surface area (Å²) in [5.74, 6) is 1.78. The van der Waals surface area contributed by atoms with E-state index in [1.165, 1.54) is 42.9 Å². The maximum Gasteiger partial charge on any atom is 0.260 e. The second-order valence-corrected chi connectivity index (χ2v) is 10.8. The zero-order chi connectivity index (χ0) is 22.4.